The topological polar surface area (TPSA) is 46.2 Å². The largest absolute Gasteiger partial charge is 0.311 e. The van der Waals surface area contributed by atoms with Crippen molar-refractivity contribution in [3.8, 4) is 0 Å². The van der Waals surface area contributed by atoms with Crippen LogP contribution in [0.3, 0.4) is 0 Å². The molecule has 2 heterocycles. The number of hydrogen-bond acceptors (Lipinski definition) is 3. The third-order valence-corrected chi connectivity index (χ3v) is 6.96. The molecule has 0 radical (unpaired) electrons. The molecule has 0 saturated carbocycles. The molecule has 2 aliphatic rings. The lowest BCUT2D eigenvalue weighted by atomic mass is 9.80. The fourth-order valence-electron chi connectivity index (χ4n) is 3.39. The Bertz CT molecular complexity index is 356. The van der Waals surface area contributed by atoms with Crippen molar-refractivity contribution < 1.29 is 8.42 Å². The highest BCUT2D eigenvalue weighted by Gasteiger charge is 2.42. The fraction of sp³-hybridized carbons (Fsp3) is 1.00. The van der Waals surface area contributed by atoms with Crippen molar-refractivity contribution in [2.45, 2.75) is 63.2 Å². The minimum Gasteiger partial charge on any atom is -0.311 e. The average Bonchev–Trinajstić information content (AvgIpc) is 2.71. The molecule has 0 amide bonds. The highest BCUT2D eigenvalue weighted by atomic mass is 32.2. The summed E-state index contributed by atoms with van der Waals surface area (Å²) in [7, 11) is -2.82. The van der Waals surface area contributed by atoms with Crippen molar-refractivity contribution in [3.63, 3.8) is 0 Å². The Labute approximate surface area is 105 Å². The second kappa shape index (κ2) is 4.88. The Morgan fingerprint density at radius 2 is 2.06 bits per heavy atom. The van der Waals surface area contributed by atoms with Gasteiger partial charge in [0, 0.05) is 5.54 Å². The Morgan fingerprint density at radius 3 is 2.59 bits per heavy atom. The van der Waals surface area contributed by atoms with Crippen molar-refractivity contribution in [1.29, 1.82) is 0 Å². The molecule has 2 atom stereocenters. The van der Waals surface area contributed by atoms with E-state index in [9.17, 15) is 8.42 Å². The summed E-state index contributed by atoms with van der Waals surface area (Å²) in [6, 6.07) is 0. The van der Waals surface area contributed by atoms with Crippen LogP contribution in [-0.2, 0) is 9.84 Å². The minimum absolute atomic E-state index is 0.0784. The predicted molar refractivity (Wildman–Crippen MR) is 70.8 cm³/mol. The van der Waals surface area contributed by atoms with E-state index in [1.165, 1.54) is 6.42 Å². The molecule has 0 aromatic heterocycles. The number of sulfone groups is 1. The van der Waals surface area contributed by atoms with E-state index in [1.807, 2.05) is 0 Å². The van der Waals surface area contributed by atoms with Gasteiger partial charge in [-0.3, -0.25) is 0 Å². The van der Waals surface area contributed by atoms with E-state index in [1.54, 1.807) is 0 Å². The van der Waals surface area contributed by atoms with Crippen LogP contribution in [-0.4, -0.2) is 31.5 Å². The maximum absolute atomic E-state index is 12.1. The van der Waals surface area contributed by atoms with Gasteiger partial charge in [0.2, 0.25) is 0 Å². The lowest BCUT2D eigenvalue weighted by Gasteiger charge is -2.38. The summed E-state index contributed by atoms with van der Waals surface area (Å²) in [4.78, 5) is 0. The van der Waals surface area contributed by atoms with E-state index in [-0.39, 0.29) is 10.8 Å². The summed E-state index contributed by atoms with van der Waals surface area (Å²) in [6.45, 7) is 5.48. The molecule has 17 heavy (non-hydrogen) atoms. The zero-order valence-corrected chi connectivity index (χ0v) is 11.9. The first-order chi connectivity index (χ1) is 7.96. The van der Waals surface area contributed by atoms with Gasteiger partial charge in [0.15, 0.2) is 9.84 Å². The highest BCUT2D eigenvalue weighted by molar-refractivity contribution is 7.92. The summed E-state index contributed by atoms with van der Waals surface area (Å²) < 4.78 is 24.2. The Hall–Kier alpha value is -0.0900. The Morgan fingerprint density at radius 1 is 1.29 bits per heavy atom. The van der Waals surface area contributed by atoms with Crippen molar-refractivity contribution in [1.82, 2.24) is 5.32 Å². The monoisotopic (exact) mass is 259 g/mol. The van der Waals surface area contributed by atoms with Crippen LogP contribution in [0.25, 0.3) is 0 Å². The zero-order valence-electron chi connectivity index (χ0n) is 11.0. The lowest BCUT2D eigenvalue weighted by Crippen LogP contribution is -2.49. The molecule has 0 aliphatic carbocycles. The summed E-state index contributed by atoms with van der Waals surface area (Å²) >= 11 is 0. The van der Waals surface area contributed by atoms with Gasteiger partial charge in [-0.05, 0) is 44.6 Å². The maximum atomic E-state index is 12.1. The normalized spacial score (nSPS) is 37.5. The molecule has 2 aliphatic heterocycles. The van der Waals surface area contributed by atoms with Gasteiger partial charge in [-0.25, -0.2) is 8.42 Å². The van der Waals surface area contributed by atoms with Gasteiger partial charge in [-0.2, -0.15) is 0 Å². The maximum Gasteiger partial charge on any atom is 0.153 e. The molecule has 100 valence electrons. The highest BCUT2D eigenvalue weighted by Crippen LogP contribution is 2.36. The molecule has 4 heteroatoms. The molecule has 2 saturated heterocycles. The Balaban J connectivity index is 2.12. The first-order valence-corrected chi connectivity index (χ1v) is 8.64. The van der Waals surface area contributed by atoms with E-state index in [0.717, 1.165) is 38.6 Å². The molecular formula is C13H25NO2S. The second-order valence-corrected chi connectivity index (χ2v) is 8.43. The van der Waals surface area contributed by atoms with Crippen LogP contribution in [0.5, 0.6) is 0 Å². The van der Waals surface area contributed by atoms with Crippen LogP contribution in [0, 0.1) is 5.92 Å². The van der Waals surface area contributed by atoms with Crippen LogP contribution in [0.15, 0.2) is 0 Å². The summed E-state index contributed by atoms with van der Waals surface area (Å²) in [5.74, 6) is 0.924. The third kappa shape index (κ3) is 2.68. The van der Waals surface area contributed by atoms with Crippen molar-refractivity contribution >= 4 is 9.84 Å². The molecular weight excluding hydrogens is 234 g/mol. The number of hydrogen-bond donors (Lipinski definition) is 1. The zero-order chi connectivity index (χ0) is 12.5. The lowest BCUT2D eigenvalue weighted by molar-refractivity contribution is 0.243. The smallest absolute Gasteiger partial charge is 0.153 e. The van der Waals surface area contributed by atoms with Gasteiger partial charge in [0.1, 0.15) is 0 Å². The fourth-order valence-corrected chi connectivity index (χ4v) is 5.41. The van der Waals surface area contributed by atoms with E-state index in [2.05, 4.69) is 19.2 Å². The number of nitrogens with one attached hydrogen (secondary N) is 1. The third-order valence-electron chi connectivity index (χ3n) is 4.69. The molecule has 0 aromatic carbocycles. The summed E-state index contributed by atoms with van der Waals surface area (Å²) in [5.41, 5.74) is 0.0784. The van der Waals surface area contributed by atoms with E-state index < -0.39 is 9.84 Å². The Kier molecular flexibility index (Phi) is 3.83. The van der Waals surface area contributed by atoms with Crippen molar-refractivity contribution in [2.75, 3.05) is 12.3 Å². The van der Waals surface area contributed by atoms with E-state index in [0.29, 0.717) is 11.7 Å². The number of rotatable bonds is 3. The molecule has 0 spiro atoms. The van der Waals surface area contributed by atoms with Crippen LogP contribution in [0.1, 0.15) is 52.4 Å². The van der Waals surface area contributed by atoms with Crippen molar-refractivity contribution in [2.24, 2.45) is 5.92 Å². The molecule has 2 fully saturated rings. The molecule has 0 bridgehead atoms. The van der Waals surface area contributed by atoms with Gasteiger partial charge in [-0.1, -0.05) is 20.3 Å². The molecule has 0 aromatic rings. The van der Waals surface area contributed by atoms with Gasteiger partial charge in [0.25, 0.3) is 0 Å². The molecule has 2 unspecified atom stereocenters. The SMILES string of the molecule is CC(C)C1(CC2CCCCS2(=O)=O)CCCN1. The first-order valence-electron chi connectivity index (χ1n) is 6.93. The molecule has 2 rings (SSSR count). The van der Waals surface area contributed by atoms with Gasteiger partial charge in [-0.15, -0.1) is 0 Å². The van der Waals surface area contributed by atoms with Gasteiger partial charge in [0.05, 0.1) is 11.0 Å². The minimum atomic E-state index is -2.82. The summed E-state index contributed by atoms with van der Waals surface area (Å²) in [6.07, 6.45) is 5.96. The van der Waals surface area contributed by atoms with Gasteiger partial charge >= 0.3 is 0 Å². The standard InChI is InChI=1S/C13H25NO2S/c1-11(2)13(7-5-8-14-13)10-12-6-3-4-9-17(12,15)16/h11-12,14H,3-10H2,1-2H3. The van der Waals surface area contributed by atoms with Crippen LogP contribution >= 0.6 is 0 Å². The predicted octanol–water partition coefficient (Wildman–Crippen LogP) is 2.12. The van der Waals surface area contributed by atoms with E-state index >= 15 is 0 Å². The first kappa shape index (κ1) is 13.3. The molecule has 3 nitrogen and oxygen atoms in total. The average molecular weight is 259 g/mol. The van der Waals surface area contributed by atoms with E-state index in [4.69, 9.17) is 0 Å². The quantitative estimate of drug-likeness (QED) is 0.844. The van der Waals surface area contributed by atoms with Crippen LogP contribution < -0.4 is 5.32 Å². The molecule has 1 N–H and O–H groups in total. The van der Waals surface area contributed by atoms with Crippen LogP contribution in [0.2, 0.25) is 0 Å². The van der Waals surface area contributed by atoms with Gasteiger partial charge < -0.3 is 5.32 Å². The second-order valence-electron chi connectivity index (χ2n) is 6.03. The summed E-state index contributed by atoms with van der Waals surface area (Å²) in [5, 5.41) is 3.50. The van der Waals surface area contributed by atoms with Crippen LogP contribution in [0.4, 0.5) is 0 Å². The van der Waals surface area contributed by atoms with Crippen molar-refractivity contribution in [3.05, 3.63) is 0 Å².